The zero-order valence-electron chi connectivity index (χ0n) is 11.7. The highest BCUT2D eigenvalue weighted by atomic mass is 79.9. The zero-order chi connectivity index (χ0) is 13.4. The fraction of sp³-hybridized carbons (Fsp3) is 0.600. The fourth-order valence-corrected chi connectivity index (χ4v) is 2.32. The molecule has 1 atom stereocenters. The van der Waals surface area contributed by atoms with Gasteiger partial charge < -0.3 is 10.2 Å². The van der Waals surface area contributed by atoms with Crippen LogP contribution in [-0.2, 0) is 0 Å². The molecule has 102 valence electrons. The van der Waals surface area contributed by atoms with Crippen molar-refractivity contribution in [2.45, 2.75) is 33.2 Å². The number of nitrogens with zero attached hydrogens (tertiary/aromatic N) is 1. The first-order valence-corrected chi connectivity index (χ1v) is 7.67. The molecular weight excluding hydrogens is 288 g/mol. The van der Waals surface area contributed by atoms with Crippen LogP contribution in [0.25, 0.3) is 0 Å². The Kier molecular flexibility index (Phi) is 7.56. The van der Waals surface area contributed by atoms with Gasteiger partial charge in [0, 0.05) is 23.6 Å². The minimum absolute atomic E-state index is 0.415. The van der Waals surface area contributed by atoms with E-state index in [4.69, 9.17) is 0 Å². The maximum absolute atomic E-state index is 3.58. The second kappa shape index (κ2) is 8.68. The van der Waals surface area contributed by atoms with Crippen LogP contribution in [0.1, 0.15) is 38.8 Å². The Hall–Kier alpha value is -0.380. The molecule has 0 aliphatic rings. The number of likely N-dealkylation sites (N-methyl/N-ethyl adjacent to an activating group) is 1. The number of hydrogen-bond donors (Lipinski definition) is 1. The highest BCUT2D eigenvalue weighted by Crippen LogP contribution is 2.16. The maximum Gasteiger partial charge on any atom is 0.0292 e. The molecule has 1 rings (SSSR count). The first-order valence-electron chi connectivity index (χ1n) is 6.88. The van der Waals surface area contributed by atoms with Gasteiger partial charge in [0.15, 0.2) is 0 Å². The molecule has 0 aromatic heterocycles. The lowest BCUT2D eigenvalue weighted by Gasteiger charge is -2.21. The molecule has 1 unspecified atom stereocenters. The van der Waals surface area contributed by atoms with Gasteiger partial charge in [-0.2, -0.15) is 0 Å². The zero-order valence-corrected chi connectivity index (χ0v) is 13.3. The summed E-state index contributed by atoms with van der Waals surface area (Å²) < 4.78 is 1.14. The quantitative estimate of drug-likeness (QED) is 0.784. The molecule has 0 saturated heterocycles. The van der Waals surface area contributed by atoms with Gasteiger partial charge in [0.1, 0.15) is 0 Å². The highest BCUT2D eigenvalue weighted by Gasteiger charge is 2.05. The lowest BCUT2D eigenvalue weighted by atomic mass is 10.1. The number of benzene rings is 1. The van der Waals surface area contributed by atoms with Crippen LogP contribution in [0.5, 0.6) is 0 Å². The van der Waals surface area contributed by atoms with Crippen molar-refractivity contribution in [1.82, 2.24) is 10.2 Å². The fourth-order valence-electron chi connectivity index (χ4n) is 2.05. The van der Waals surface area contributed by atoms with Crippen molar-refractivity contribution in [3.63, 3.8) is 0 Å². The average molecular weight is 313 g/mol. The second-order valence-electron chi connectivity index (χ2n) is 4.66. The average Bonchev–Trinajstić information content (AvgIpc) is 2.38. The first-order chi connectivity index (χ1) is 8.67. The smallest absolute Gasteiger partial charge is 0.0292 e. The predicted octanol–water partition coefficient (Wildman–Crippen LogP) is 3.83. The van der Waals surface area contributed by atoms with Crippen LogP contribution in [0.2, 0.25) is 0 Å². The summed E-state index contributed by atoms with van der Waals surface area (Å²) in [5.74, 6) is 0. The van der Waals surface area contributed by atoms with Gasteiger partial charge in [0.05, 0.1) is 0 Å². The molecule has 0 heterocycles. The standard InChI is InChI=1S/C15H25BrN2/c1-4-11-18(5-2)12-10-17-13(3)14-6-8-15(16)9-7-14/h6-9,13,17H,4-5,10-12H2,1-3H3. The molecule has 0 spiro atoms. The lowest BCUT2D eigenvalue weighted by Crippen LogP contribution is -2.33. The summed E-state index contributed by atoms with van der Waals surface area (Å²) in [6.45, 7) is 11.2. The molecule has 0 fully saturated rings. The highest BCUT2D eigenvalue weighted by molar-refractivity contribution is 9.10. The van der Waals surface area contributed by atoms with E-state index in [1.54, 1.807) is 0 Å². The van der Waals surface area contributed by atoms with E-state index in [9.17, 15) is 0 Å². The van der Waals surface area contributed by atoms with E-state index < -0.39 is 0 Å². The van der Waals surface area contributed by atoms with Gasteiger partial charge in [-0.25, -0.2) is 0 Å². The van der Waals surface area contributed by atoms with Crippen LogP contribution in [-0.4, -0.2) is 31.1 Å². The van der Waals surface area contributed by atoms with Crippen LogP contribution < -0.4 is 5.32 Å². The van der Waals surface area contributed by atoms with Crippen molar-refractivity contribution in [2.75, 3.05) is 26.2 Å². The number of rotatable bonds is 8. The normalized spacial score (nSPS) is 12.9. The van der Waals surface area contributed by atoms with E-state index in [2.05, 4.69) is 71.2 Å². The van der Waals surface area contributed by atoms with E-state index in [1.165, 1.54) is 18.5 Å². The van der Waals surface area contributed by atoms with Gasteiger partial charge in [-0.05, 0) is 44.1 Å². The SMILES string of the molecule is CCCN(CC)CCNC(C)c1ccc(Br)cc1. The first kappa shape index (κ1) is 15.7. The van der Waals surface area contributed by atoms with Gasteiger partial charge in [-0.3, -0.25) is 0 Å². The van der Waals surface area contributed by atoms with Crippen molar-refractivity contribution in [1.29, 1.82) is 0 Å². The van der Waals surface area contributed by atoms with Crippen molar-refractivity contribution < 1.29 is 0 Å². The third kappa shape index (κ3) is 5.51. The van der Waals surface area contributed by atoms with Gasteiger partial charge in [0.25, 0.3) is 0 Å². The Labute approximate surface area is 120 Å². The number of nitrogens with one attached hydrogen (secondary N) is 1. The molecule has 3 heteroatoms. The molecule has 18 heavy (non-hydrogen) atoms. The molecule has 0 bridgehead atoms. The van der Waals surface area contributed by atoms with Crippen molar-refractivity contribution in [2.24, 2.45) is 0 Å². The molecule has 1 N–H and O–H groups in total. The van der Waals surface area contributed by atoms with E-state index in [-0.39, 0.29) is 0 Å². The monoisotopic (exact) mass is 312 g/mol. The topological polar surface area (TPSA) is 15.3 Å². The summed E-state index contributed by atoms with van der Waals surface area (Å²) in [4.78, 5) is 2.49. The van der Waals surface area contributed by atoms with Crippen LogP contribution in [0, 0.1) is 0 Å². The summed E-state index contributed by atoms with van der Waals surface area (Å²) in [5, 5.41) is 3.58. The van der Waals surface area contributed by atoms with Crippen molar-refractivity contribution in [3.05, 3.63) is 34.3 Å². The maximum atomic E-state index is 3.58. The molecule has 0 radical (unpaired) electrons. The Morgan fingerprint density at radius 1 is 1.17 bits per heavy atom. The summed E-state index contributed by atoms with van der Waals surface area (Å²) in [7, 11) is 0. The van der Waals surface area contributed by atoms with Gasteiger partial charge in [-0.15, -0.1) is 0 Å². The van der Waals surface area contributed by atoms with Gasteiger partial charge >= 0.3 is 0 Å². The van der Waals surface area contributed by atoms with Gasteiger partial charge in [-0.1, -0.05) is 41.9 Å². The Morgan fingerprint density at radius 2 is 1.83 bits per heavy atom. The molecule has 0 aliphatic heterocycles. The minimum atomic E-state index is 0.415. The van der Waals surface area contributed by atoms with Crippen molar-refractivity contribution in [3.8, 4) is 0 Å². The molecule has 0 aliphatic carbocycles. The van der Waals surface area contributed by atoms with Gasteiger partial charge in [0.2, 0.25) is 0 Å². The summed E-state index contributed by atoms with van der Waals surface area (Å²) in [5.41, 5.74) is 1.34. The van der Waals surface area contributed by atoms with Crippen LogP contribution >= 0.6 is 15.9 Å². The van der Waals surface area contributed by atoms with E-state index in [0.717, 1.165) is 24.1 Å². The molecule has 0 amide bonds. The Morgan fingerprint density at radius 3 is 2.39 bits per heavy atom. The largest absolute Gasteiger partial charge is 0.309 e. The Balaban J connectivity index is 2.32. The molecule has 1 aromatic rings. The Bertz CT molecular complexity index is 324. The summed E-state index contributed by atoms with van der Waals surface area (Å²) >= 11 is 3.47. The van der Waals surface area contributed by atoms with Crippen LogP contribution in [0.4, 0.5) is 0 Å². The van der Waals surface area contributed by atoms with E-state index in [0.29, 0.717) is 6.04 Å². The molecular formula is C15H25BrN2. The predicted molar refractivity (Wildman–Crippen MR) is 83.0 cm³/mol. The van der Waals surface area contributed by atoms with Crippen molar-refractivity contribution >= 4 is 15.9 Å². The number of hydrogen-bond acceptors (Lipinski definition) is 2. The molecule has 1 aromatic carbocycles. The second-order valence-corrected chi connectivity index (χ2v) is 5.58. The summed E-state index contributed by atoms with van der Waals surface area (Å²) in [6.07, 6.45) is 1.23. The third-order valence-corrected chi connectivity index (χ3v) is 3.76. The van der Waals surface area contributed by atoms with E-state index >= 15 is 0 Å². The minimum Gasteiger partial charge on any atom is -0.309 e. The van der Waals surface area contributed by atoms with Crippen LogP contribution in [0.3, 0.4) is 0 Å². The summed E-state index contributed by atoms with van der Waals surface area (Å²) in [6, 6.07) is 8.96. The molecule has 2 nitrogen and oxygen atoms in total. The van der Waals surface area contributed by atoms with Crippen LogP contribution in [0.15, 0.2) is 28.7 Å². The van der Waals surface area contributed by atoms with E-state index in [1.807, 2.05) is 0 Å². The molecule has 0 saturated carbocycles. The lowest BCUT2D eigenvalue weighted by molar-refractivity contribution is 0.284. The third-order valence-electron chi connectivity index (χ3n) is 3.24. The number of halogens is 1.